The number of fused-ring (bicyclic) bond motifs is 1. The number of pyridine rings is 1. The third-order valence-corrected chi connectivity index (χ3v) is 4.29. The van der Waals surface area contributed by atoms with E-state index in [2.05, 4.69) is 10.3 Å². The van der Waals surface area contributed by atoms with Crippen LogP contribution in [0.4, 0.5) is 13.2 Å². The average molecular weight is 359 g/mol. The van der Waals surface area contributed by atoms with Gasteiger partial charge in [0.05, 0.1) is 25.1 Å². The van der Waals surface area contributed by atoms with E-state index in [1.807, 2.05) is 6.07 Å². The van der Waals surface area contributed by atoms with Crippen molar-refractivity contribution in [2.24, 2.45) is 0 Å². The fraction of sp³-hybridized carbons (Fsp3) is 0.625. The van der Waals surface area contributed by atoms with Crippen LogP contribution in [0.25, 0.3) is 0 Å². The van der Waals surface area contributed by atoms with Crippen LogP contribution >= 0.6 is 0 Å². The van der Waals surface area contributed by atoms with E-state index in [0.29, 0.717) is 44.1 Å². The molecule has 25 heavy (non-hydrogen) atoms. The molecule has 1 aromatic rings. The lowest BCUT2D eigenvalue weighted by molar-refractivity contribution is -0.186. The highest BCUT2D eigenvalue weighted by Crippen LogP contribution is 2.29. The fourth-order valence-electron chi connectivity index (χ4n) is 2.92. The minimum absolute atomic E-state index is 0.0510. The van der Waals surface area contributed by atoms with Crippen molar-refractivity contribution in [2.75, 3.05) is 26.3 Å². The van der Waals surface area contributed by atoms with Gasteiger partial charge in [0.1, 0.15) is 0 Å². The quantitative estimate of drug-likeness (QED) is 0.893. The smallest absolute Gasteiger partial charge is 0.471 e. The maximum Gasteiger partial charge on any atom is 0.471 e. The Morgan fingerprint density at radius 2 is 1.92 bits per heavy atom. The Kier molecular flexibility index (Phi) is 5.31. The summed E-state index contributed by atoms with van der Waals surface area (Å²) in [6.07, 6.45) is -1.40. The maximum absolute atomic E-state index is 12.4. The monoisotopic (exact) mass is 359 g/mol. The van der Waals surface area contributed by atoms with Crippen LogP contribution in [0.3, 0.4) is 0 Å². The molecule has 3 rings (SSSR count). The van der Waals surface area contributed by atoms with Crippen LogP contribution < -0.4 is 14.8 Å². The zero-order valence-corrected chi connectivity index (χ0v) is 13.6. The van der Waals surface area contributed by atoms with E-state index in [-0.39, 0.29) is 19.1 Å². The number of hydrogen-bond donors (Lipinski definition) is 1. The van der Waals surface area contributed by atoms with Gasteiger partial charge in [-0.05, 0) is 12.8 Å². The number of piperidine rings is 1. The Hall–Kier alpha value is -2.03. The van der Waals surface area contributed by atoms with Gasteiger partial charge in [0.2, 0.25) is 0 Å². The van der Waals surface area contributed by atoms with Gasteiger partial charge >= 0.3 is 12.1 Å². The molecular formula is C16H20F3N3O3. The summed E-state index contributed by atoms with van der Waals surface area (Å²) in [7, 11) is 0. The number of ether oxygens (including phenoxy) is 2. The number of likely N-dealkylation sites (tertiary alicyclic amines) is 1. The fourth-order valence-corrected chi connectivity index (χ4v) is 2.92. The van der Waals surface area contributed by atoms with E-state index in [9.17, 15) is 18.0 Å². The first-order chi connectivity index (χ1) is 11.9. The Morgan fingerprint density at radius 1 is 1.24 bits per heavy atom. The molecule has 1 aromatic heterocycles. The normalized spacial score (nSPS) is 18.8. The molecule has 0 unspecified atom stereocenters. The minimum Gasteiger partial charge on any atom is -0.489 e. The van der Waals surface area contributed by atoms with Gasteiger partial charge in [-0.3, -0.25) is 9.78 Å². The Labute approximate surface area is 143 Å². The lowest BCUT2D eigenvalue weighted by Gasteiger charge is -2.32. The van der Waals surface area contributed by atoms with Crippen molar-refractivity contribution in [3.8, 4) is 11.5 Å². The summed E-state index contributed by atoms with van der Waals surface area (Å²) < 4.78 is 48.4. The van der Waals surface area contributed by atoms with Crippen molar-refractivity contribution in [2.45, 2.75) is 38.0 Å². The summed E-state index contributed by atoms with van der Waals surface area (Å²) in [5.74, 6) is -0.467. The van der Waals surface area contributed by atoms with Gasteiger partial charge in [-0.15, -0.1) is 0 Å². The van der Waals surface area contributed by atoms with Crippen LogP contribution in [0.15, 0.2) is 12.3 Å². The molecular weight excluding hydrogens is 339 g/mol. The van der Waals surface area contributed by atoms with Gasteiger partial charge in [-0.2, -0.15) is 13.2 Å². The first kappa shape index (κ1) is 17.8. The van der Waals surface area contributed by atoms with E-state index < -0.39 is 12.1 Å². The Balaban J connectivity index is 1.49. The topological polar surface area (TPSA) is 63.7 Å². The molecule has 3 heterocycles. The van der Waals surface area contributed by atoms with Crippen molar-refractivity contribution >= 4 is 5.91 Å². The average Bonchev–Trinajstić information content (AvgIpc) is 2.84. The van der Waals surface area contributed by atoms with Crippen LogP contribution in [0.5, 0.6) is 11.5 Å². The lowest BCUT2D eigenvalue weighted by atomic mass is 10.0. The summed E-state index contributed by atoms with van der Waals surface area (Å²) in [6, 6.07) is 1.87. The number of halogens is 3. The molecule has 1 amide bonds. The van der Waals surface area contributed by atoms with Crippen molar-refractivity contribution < 1.29 is 27.4 Å². The van der Waals surface area contributed by atoms with Crippen molar-refractivity contribution in [3.05, 3.63) is 18.0 Å². The highest BCUT2D eigenvalue weighted by Gasteiger charge is 2.43. The van der Waals surface area contributed by atoms with Gasteiger partial charge < -0.3 is 19.7 Å². The van der Waals surface area contributed by atoms with Gasteiger partial charge in [0, 0.05) is 38.2 Å². The summed E-state index contributed by atoms with van der Waals surface area (Å²) >= 11 is 0. The van der Waals surface area contributed by atoms with Crippen LogP contribution in [-0.4, -0.2) is 54.3 Å². The number of carbonyl (C=O) groups excluding carboxylic acids is 1. The molecule has 138 valence electrons. The molecule has 1 saturated heterocycles. The zero-order valence-electron chi connectivity index (χ0n) is 13.6. The molecule has 0 aliphatic carbocycles. The summed E-state index contributed by atoms with van der Waals surface area (Å²) in [6.45, 7) is 1.88. The van der Waals surface area contributed by atoms with Gasteiger partial charge in [-0.1, -0.05) is 0 Å². The second-order valence-corrected chi connectivity index (χ2v) is 6.12. The van der Waals surface area contributed by atoms with Gasteiger partial charge in [0.15, 0.2) is 11.5 Å². The van der Waals surface area contributed by atoms with Crippen molar-refractivity contribution in [1.82, 2.24) is 15.2 Å². The number of amides is 1. The molecule has 1 fully saturated rings. The largest absolute Gasteiger partial charge is 0.489 e. The third kappa shape index (κ3) is 4.53. The molecule has 2 aliphatic rings. The van der Waals surface area contributed by atoms with E-state index in [1.54, 1.807) is 6.20 Å². The Morgan fingerprint density at radius 3 is 2.60 bits per heavy atom. The number of nitrogens with zero attached hydrogens (tertiary/aromatic N) is 2. The number of carbonyl (C=O) groups is 1. The molecule has 2 aliphatic heterocycles. The van der Waals surface area contributed by atoms with Gasteiger partial charge in [0.25, 0.3) is 0 Å². The SMILES string of the molecule is O=C(N1CCC(NCc2cc3c(cn2)OCCCO3)CC1)C(F)(F)F. The van der Waals surface area contributed by atoms with Crippen LogP contribution in [0.1, 0.15) is 25.0 Å². The van der Waals surface area contributed by atoms with E-state index in [1.165, 1.54) is 0 Å². The molecule has 0 spiro atoms. The van der Waals surface area contributed by atoms with Crippen LogP contribution in [0, 0.1) is 0 Å². The van der Waals surface area contributed by atoms with Crippen LogP contribution in [-0.2, 0) is 11.3 Å². The van der Waals surface area contributed by atoms with E-state index >= 15 is 0 Å². The standard InChI is InChI=1S/C16H20F3N3O3/c17-16(18,19)15(23)22-4-2-11(3-5-22)20-9-12-8-13-14(10-21-12)25-7-1-6-24-13/h8,10-11,20H,1-7,9H2. The number of rotatable bonds is 3. The molecule has 0 radical (unpaired) electrons. The molecule has 6 nitrogen and oxygen atoms in total. The molecule has 0 aromatic carbocycles. The number of alkyl halides is 3. The first-order valence-electron chi connectivity index (χ1n) is 8.27. The zero-order chi connectivity index (χ0) is 17.9. The second kappa shape index (κ2) is 7.47. The minimum atomic E-state index is -4.80. The van der Waals surface area contributed by atoms with Crippen LogP contribution in [0.2, 0.25) is 0 Å². The highest BCUT2D eigenvalue weighted by molar-refractivity contribution is 5.81. The number of nitrogens with one attached hydrogen (secondary N) is 1. The molecule has 0 saturated carbocycles. The summed E-state index contributed by atoms with van der Waals surface area (Å²) in [5.41, 5.74) is 0.776. The molecule has 0 bridgehead atoms. The number of hydrogen-bond acceptors (Lipinski definition) is 5. The van der Waals surface area contributed by atoms with Crippen molar-refractivity contribution in [1.29, 1.82) is 0 Å². The van der Waals surface area contributed by atoms with Gasteiger partial charge in [-0.25, -0.2) is 0 Å². The number of aromatic nitrogens is 1. The second-order valence-electron chi connectivity index (χ2n) is 6.12. The Bertz CT molecular complexity index is 616. The first-order valence-corrected chi connectivity index (χ1v) is 8.27. The molecule has 1 N–H and O–H groups in total. The maximum atomic E-state index is 12.4. The van der Waals surface area contributed by atoms with E-state index in [0.717, 1.165) is 17.0 Å². The summed E-state index contributed by atoms with van der Waals surface area (Å²) in [4.78, 5) is 16.4. The van der Waals surface area contributed by atoms with E-state index in [4.69, 9.17) is 9.47 Å². The lowest BCUT2D eigenvalue weighted by Crippen LogP contribution is -2.48. The van der Waals surface area contributed by atoms with Crippen molar-refractivity contribution in [3.63, 3.8) is 0 Å². The highest BCUT2D eigenvalue weighted by atomic mass is 19.4. The molecule has 0 atom stereocenters. The summed E-state index contributed by atoms with van der Waals surface area (Å²) in [5, 5.41) is 3.28. The third-order valence-electron chi connectivity index (χ3n) is 4.29. The predicted molar refractivity (Wildman–Crippen MR) is 82.3 cm³/mol. The predicted octanol–water partition coefficient (Wildman–Crippen LogP) is 1.89. The molecule has 9 heteroatoms.